The molecule has 2 rings (SSSR count). The van der Waals surface area contributed by atoms with Crippen LogP contribution in [0.5, 0.6) is 0 Å². The normalized spacial score (nSPS) is 11.1. The molecule has 0 aliphatic heterocycles. The van der Waals surface area contributed by atoms with Gasteiger partial charge >= 0.3 is 0 Å². The second-order valence-electron chi connectivity index (χ2n) is 4.32. The van der Waals surface area contributed by atoms with Crippen molar-refractivity contribution >= 4 is 11.5 Å². The Kier molecular flexibility index (Phi) is 4.09. The molecule has 2 heterocycles. The summed E-state index contributed by atoms with van der Waals surface area (Å²) in [5, 5.41) is 8.31. The van der Waals surface area contributed by atoms with Crippen molar-refractivity contribution in [2.24, 2.45) is 5.73 Å². The predicted octanol–water partition coefficient (Wildman–Crippen LogP) is 0.998. The van der Waals surface area contributed by atoms with Crippen LogP contribution in [-0.2, 0) is 0 Å². The molecule has 0 saturated carbocycles. The third-order valence-corrected chi connectivity index (χ3v) is 2.90. The van der Waals surface area contributed by atoms with Crippen molar-refractivity contribution in [1.29, 1.82) is 0 Å². The van der Waals surface area contributed by atoms with Gasteiger partial charge in [0.1, 0.15) is 5.82 Å². The quantitative estimate of drug-likeness (QED) is 0.825. The summed E-state index contributed by atoms with van der Waals surface area (Å²) in [4.78, 5) is 6.69. The molecule has 6 nitrogen and oxygen atoms in total. The van der Waals surface area contributed by atoms with Gasteiger partial charge in [0.15, 0.2) is 5.82 Å². The second kappa shape index (κ2) is 5.77. The van der Waals surface area contributed by atoms with Gasteiger partial charge in [-0.1, -0.05) is 6.92 Å². The number of rotatable bonds is 6. The molecule has 0 amide bonds. The van der Waals surface area contributed by atoms with E-state index >= 15 is 0 Å². The average molecular weight is 248 g/mol. The first-order valence-electron chi connectivity index (χ1n) is 6.39. The number of nitrogens with two attached hydrogens (primary N) is 1. The van der Waals surface area contributed by atoms with Crippen LogP contribution in [0.15, 0.2) is 12.4 Å². The molecule has 0 atom stereocenters. The number of anilines is 1. The van der Waals surface area contributed by atoms with Crippen LogP contribution >= 0.6 is 0 Å². The monoisotopic (exact) mass is 248 g/mol. The molecule has 0 aliphatic rings. The van der Waals surface area contributed by atoms with Crippen molar-refractivity contribution in [3.8, 4) is 0 Å². The molecule has 0 fully saturated rings. The minimum Gasteiger partial charge on any atom is -0.353 e. The van der Waals surface area contributed by atoms with Gasteiger partial charge in [0.05, 0.1) is 0 Å². The Morgan fingerprint density at radius 3 is 2.89 bits per heavy atom. The lowest BCUT2D eigenvalue weighted by Gasteiger charge is -2.22. The molecule has 0 unspecified atom stereocenters. The lowest BCUT2D eigenvalue weighted by atomic mass is 10.3. The number of aryl methyl sites for hydroxylation is 1. The topological polar surface area (TPSA) is 72.3 Å². The summed E-state index contributed by atoms with van der Waals surface area (Å²) in [7, 11) is 0. The van der Waals surface area contributed by atoms with Crippen LogP contribution in [-0.4, -0.2) is 39.2 Å². The molecular formula is C12H20N6. The minimum atomic E-state index is 0.690. The van der Waals surface area contributed by atoms with Crippen molar-refractivity contribution < 1.29 is 0 Å². The first-order chi connectivity index (χ1) is 8.77. The fourth-order valence-electron chi connectivity index (χ4n) is 2.03. The Balaban J connectivity index is 2.36. The SMILES string of the molecule is CCCN(CCCN)c1nccn2c(C)nnc12. The third-order valence-electron chi connectivity index (χ3n) is 2.90. The highest BCUT2D eigenvalue weighted by molar-refractivity contribution is 5.63. The molecule has 2 aromatic heterocycles. The van der Waals surface area contributed by atoms with Gasteiger partial charge in [0, 0.05) is 25.5 Å². The Hall–Kier alpha value is -1.69. The van der Waals surface area contributed by atoms with Gasteiger partial charge in [-0.15, -0.1) is 10.2 Å². The van der Waals surface area contributed by atoms with Gasteiger partial charge in [0.25, 0.3) is 0 Å². The van der Waals surface area contributed by atoms with Crippen LogP contribution in [0.4, 0.5) is 5.82 Å². The lowest BCUT2D eigenvalue weighted by molar-refractivity contribution is 0.711. The number of hydrogen-bond acceptors (Lipinski definition) is 5. The van der Waals surface area contributed by atoms with Crippen LogP contribution < -0.4 is 10.6 Å². The van der Waals surface area contributed by atoms with E-state index in [2.05, 4.69) is 27.0 Å². The minimum absolute atomic E-state index is 0.690. The van der Waals surface area contributed by atoms with Gasteiger partial charge in [-0.3, -0.25) is 4.40 Å². The van der Waals surface area contributed by atoms with Crippen LogP contribution in [0.25, 0.3) is 5.65 Å². The first-order valence-corrected chi connectivity index (χ1v) is 6.39. The molecule has 0 spiro atoms. The standard InChI is InChI=1S/C12H20N6/c1-3-7-17(8-4-5-13)11-12-16-15-10(2)18(12)9-6-14-11/h6,9H,3-5,7-8,13H2,1-2H3. The third kappa shape index (κ3) is 2.43. The maximum absolute atomic E-state index is 5.59. The van der Waals surface area contributed by atoms with Gasteiger partial charge in [-0.25, -0.2) is 4.98 Å². The van der Waals surface area contributed by atoms with Gasteiger partial charge < -0.3 is 10.6 Å². The highest BCUT2D eigenvalue weighted by Crippen LogP contribution is 2.17. The number of hydrogen-bond donors (Lipinski definition) is 1. The van der Waals surface area contributed by atoms with E-state index in [1.165, 1.54) is 0 Å². The number of fused-ring (bicyclic) bond motifs is 1. The van der Waals surface area contributed by atoms with Gasteiger partial charge in [-0.2, -0.15) is 0 Å². The maximum Gasteiger partial charge on any atom is 0.203 e. The molecule has 0 bridgehead atoms. The Labute approximate surface area is 107 Å². The smallest absolute Gasteiger partial charge is 0.203 e. The van der Waals surface area contributed by atoms with Gasteiger partial charge in [0.2, 0.25) is 5.65 Å². The summed E-state index contributed by atoms with van der Waals surface area (Å²) in [5.41, 5.74) is 6.41. The Bertz CT molecular complexity index is 506. The molecule has 98 valence electrons. The van der Waals surface area contributed by atoms with E-state index in [0.29, 0.717) is 6.54 Å². The van der Waals surface area contributed by atoms with Crippen LogP contribution in [0.3, 0.4) is 0 Å². The fourth-order valence-corrected chi connectivity index (χ4v) is 2.03. The molecule has 2 N–H and O–H groups in total. The molecule has 2 aromatic rings. The molecular weight excluding hydrogens is 228 g/mol. The highest BCUT2D eigenvalue weighted by atomic mass is 15.3. The van der Waals surface area contributed by atoms with E-state index in [4.69, 9.17) is 5.73 Å². The summed E-state index contributed by atoms with van der Waals surface area (Å²) in [6.07, 6.45) is 5.71. The molecule has 18 heavy (non-hydrogen) atoms. The fraction of sp³-hybridized carbons (Fsp3) is 0.583. The predicted molar refractivity (Wildman–Crippen MR) is 71.7 cm³/mol. The largest absolute Gasteiger partial charge is 0.353 e. The summed E-state index contributed by atoms with van der Waals surface area (Å²) < 4.78 is 1.97. The van der Waals surface area contributed by atoms with Crippen molar-refractivity contribution in [2.75, 3.05) is 24.5 Å². The zero-order valence-corrected chi connectivity index (χ0v) is 11.0. The first kappa shape index (κ1) is 12.8. The van der Waals surface area contributed by atoms with Crippen molar-refractivity contribution in [3.05, 3.63) is 18.2 Å². The molecule has 0 saturated heterocycles. The lowest BCUT2D eigenvalue weighted by Crippen LogP contribution is -2.28. The zero-order chi connectivity index (χ0) is 13.0. The Morgan fingerprint density at radius 2 is 2.17 bits per heavy atom. The summed E-state index contributed by atoms with van der Waals surface area (Å²) >= 11 is 0. The second-order valence-corrected chi connectivity index (χ2v) is 4.32. The summed E-state index contributed by atoms with van der Waals surface area (Å²) in [6.45, 7) is 6.65. The van der Waals surface area contributed by atoms with E-state index in [0.717, 1.165) is 43.2 Å². The van der Waals surface area contributed by atoms with Crippen molar-refractivity contribution in [2.45, 2.75) is 26.7 Å². The zero-order valence-electron chi connectivity index (χ0n) is 11.0. The van der Waals surface area contributed by atoms with E-state index in [-0.39, 0.29) is 0 Å². The van der Waals surface area contributed by atoms with Crippen LogP contribution in [0.1, 0.15) is 25.6 Å². The molecule has 0 aliphatic carbocycles. The van der Waals surface area contributed by atoms with E-state index in [1.807, 2.05) is 17.5 Å². The number of aromatic nitrogens is 4. The van der Waals surface area contributed by atoms with Crippen LogP contribution in [0, 0.1) is 6.92 Å². The molecule has 0 aromatic carbocycles. The van der Waals surface area contributed by atoms with E-state index in [1.54, 1.807) is 6.20 Å². The Morgan fingerprint density at radius 1 is 1.33 bits per heavy atom. The van der Waals surface area contributed by atoms with E-state index in [9.17, 15) is 0 Å². The van der Waals surface area contributed by atoms with Gasteiger partial charge in [-0.05, 0) is 26.3 Å². The molecule has 0 radical (unpaired) electrons. The van der Waals surface area contributed by atoms with Crippen LogP contribution in [0.2, 0.25) is 0 Å². The average Bonchev–Trinajstić information content (AvgIpc) is 2.77. The van der Waals surface area contributed by atoms with Crippen molar-refractivity contribution in [3.63, 3.8) is 0 Å². The highest BCUT2D eigenvalue weighted by Gasteiger charge is 2.13. The molecule has 6 heteroatoms. The number of nitrogens with zero attached hydrogens (tertiary/aromatic N) is 5. The van der Waals surface area contributed by atoms with E-state index < -0.39 is 0 Å². The maximum atomic E-state index is 5.59. The summed E-state index contributed by atoms with van der Waals surface area (Å²) in [5.74, 6) is 1.78. The van der Waals surface area contributed by atoms with Crippen molar-refractivity contribution in [1.82, 2.24) is 19.6 Å². The summed E-state index contributed by atoms with van der Waals surface area (Å²) in [6, 6.07) is 0.